The molecule has 0 bridgehead atoms. The molecule has 5 heteroatoms. The number of aliphatic hydroxyl groups excluding tert-OH is 1. The van der Waals surface area contributed by atoms with Gasteiger partial charge >= 0.3 is 0 Å². The normalized spacial score (nSPS) is 25.8. The predicted molar refractivity (Wildman–Crippen MR) is 104 cm³/mol. The van der Waals surface area contributed by atoms with Crippen LogP contribution in [0.15, 0.2) is 30.3 Å². The number of piperidine rings is 1. The third-order valence-corrected chi connectivity index (χ3v) is 5.76. The van der Waals surface area contributed by atoms with Crippen molar-refractivity contribution < 1.29 is 9.90 Å². The Labute approximate surface area is 157 Å². The van der Waals surface area contributed by atoms with Crippen molar-refractivity contribution in [1.29, 1.82) is 0 Å². The summed E-state index contributed by atoms with van der Waals surface area (Å²) < 4.78 is 0. The van der Waals surface area contributed by atoms with Gasteiger partial charge in [-0.3, -0.25) is 4.79 Å². The highest BCUT2D eigenvalue weighted by molar-refractivity contribution is 5.78. The van der Waals surface area contributed by atoms with Gasteiger partial charge in [0.15, 0.2) is 0 Å². The smallest absolute Gasteiger partial charge is 0.227 e. The van der Waals surface area contributed by atoms with E-state index in [-0.39, 0.29) is 18.4 Å². The van der Waals surface area contributed by atoms with Crippen LogP contribution in [0.2, 0.25) is 0 Å². The summed E-state index contributed by atoms with van der Waals surface area (Å²) >= 11 is 0. The topological polar surface area (TPSA) is 47.0 Å². The van der Waals surface area contributed by atoms with Crippen LogP contribution >= 0.6 is 0 Å². The Hall–Kier alpha value is -1.43. The summed E-state index contributed by atoms with van der Waals surface area (Å²) in [5.41, 5.74) is 1.07. The second kappa shape index (κ2) is 9.49. The maximum Gasteiger partial charge on any atom is 0.227 e. The molecule has 1 aromatic rings. The molecule has 2 fully saturated rings. The van der Waals surface area contributed by atoms with Gasteiger partial charge < -0.3 is 19.8 Å². The summed E-state index contributed by atoms with van der Waals surface area (Å²) in [5.74, 6) is 0.863. The van der Waals surface area contributed by atoms with Gasteiger partial charge in [0.25, 0.3) is 0 Å². The lowest BCUT2D eigenvalue weighted by atomic mass is 9.88. The first-order valence-corrected chi connectivity index (χ1v) is 9.97. The van der Waals surface area contributed by atoms with Crippen LogP contribution in [0.5, 0.6) is 0 Å². The van der Waals surface area contributed by atoms with Gasteiger partial charge in [0.05, 0.1) is 6.42 Å². The minimum Gasteiger partial charge on any atom is -0.396 e. The minimum absolute atomic E-state index is 0.175. The maximum atomic E-state index is 12.8. The van der Waals surface area contributed by atoms with E-state index in [1.807, 2.05) is 35.2 Å². The molecular formula is C21H33N3O2. The molecule has 2 atom stereocenters. The number of amides is 1. The van der Waals surface area contributed by atoms with Crippen LogP contribution in [0, 0.1) is 11.8 Å². The second-order valence-corrected chi connectivity index (χ2v) is 8.07. The summed E-state index contributed by atoms with van der Waals surface area (Å²) in [4.78, 5) is 19.7. The molecule has 0 saturated carbocycles. The van der Waals surface area contributed by atoms with Gasteiger partial charge in [-0.05, 0) is 50.4 Å². The van der Waals surface area contributed by atoms with Crippen LogP contribution < -0.4 is 0 Å². The number of aliphatic hydroxyl groups is 1. The highest BCUT2D eigenvalue weighted by Gasteiger charge is 2.30. The second-order valence-electron chi connectivity index (χ2n) is 8.07. The molecule has 0 aromatic heterocycles. The zero-order valence-corrected chi connectivity index (χ0v) is 16.0. The van der Waals surface area contributed by atoms with Crippen LogP contribution in [-0.4, -0.2) is 85.2 Å². The summed E-state index contributed by atoms with van der Waals surface area (Å²) in [6, 6.07) is 9.96. The molecule has 5 nitrogen and oxygen atoms in total. The van der Waals surface area contributed by atoms with E-state index >= 15 is 0 Å². The van der Waals surface area contributed by atoms with E-state index in [4.69, 9.17) is 0 Å². The maximum absolute atomic E-state index is 12.8. The van der Waals surface area contributed by atoms with E-state index in [2.05, 4.69) is 16.8 Å². The molecule has 1 aromatic carbocycles. The van der Waals surface area contributed by atoms with Crippen LogP contribution in [-0.2, 0) is 11.2 Å². The lowest BCUT2D eigenvalue weighted by Crippen LogP contribution is -2.48. The predicted octanol–water partition coefficient (Wildman–Crippen LogP) is 1.32. The Morgan fingerprint density at radius 3 is 2.62 bits per heavy atom. The van der Waals surface area contributed by atoms with E-state index in [0.29, 0.717) is 18.9 Å². The molecule has 2 heterocycles. The number of hydrogen-bond acceptors (Lipinski definition) is 4. The summed E-state index contributed by atoms with van der Waals surface area (Å²) in [7, 11) is 2.19. The van der Waals surface area contributed by atoms with Crippen LogP contribution in [0.3, 0.4) is 0 Å². The van der Waals surface area contributed by atoms with Crippen LogP contribution in [0.25, 0.3) is 0 Å². The fraction of sp³-hybridized carbons (Fsp3) is 0.667. The molecule has 3 rings (SSSR count). The van der Waals surface area contributed by atoms with Crippen molar-refractivity contribution in [3.8, 4) is 0 Å². The molecule has 0 unspecified atom stereocenters. The highest BCUT2D eigenvalue weighted by atomic mass is 16.3. The summed E-state index contributed by atoms with van der Waals surface area (Å²) in [6.07, 6.45) is 2.70. The Kier molecular flexibility index (Phi) is 7.06. The highest BCUT2D eigenvalue weighted by Crippen LogP contribution is 2.24. The van der Waals surface area contributed by atoms with Crippen LogP contribution in [0.4, 0.5) is 0 Å². The number of carbonyl (C=O) groups excluding carboxylic acids is 1. The fourth-order valence-corrected chi connectivity index (χ4v) is 4.32. The number of likely N-dealkylation sites (N-methyl/N-ethyl adjacent to an activating group) is 1. The van der Waals surface area contributed by atoms with Gasteiger partial charge in [0.1, 0.15) is 0 Å². The molecule has 2 aliphatic rings. The Balaban J connectivity index is 1.58. The molecule has 26 heavy (non-hydrogen) atoms. The minimum atomic E-state index is 0.175. The van der Waals surface area contributed by atoms with Crippen molar-refractivity contribution >= 4 is 5.91 Å². The first-order valence-electron chi connectivity index (χ1n) is 9.97. The van der Waals surface area contributed by atoms with Crippen molar-refractivity contribution in [2.45, 2.75) is 19.3 Å². The van der Waals surface area contributed by atoms with Gasteiger partial charge in [0, 0.05) is 39.3 Å². The van der Waals surface area contributed by atoms with Gasteiger partial charge in [-0.15, -0.1) is 0 Å². The van der Waals surface area contributed by atoms with Crippen molar-refractivity contribution in [3.63, 3.8) is 0 Å². The molecule has 1 N–H and O–H groups in total. The SMILES string of the molecule is CN1CCCN(C[C@H]2C[C@H](CO)CN(C(=O)Cc3ccccc3)C2)CC1. The fourth-order valence-electron chi connectivity index (χ4n) is 4.32. The molecule has 1 amide bonds. The average molecular weight is 360 g/mol. The number of carbonyl (C=O) groups is 1. The van der Waals surface area contributed by atoms with Crippen molar-refractivity contribution in [3.05, 3.63) is 35.9 Å². The largest absolute Gasteiger partial charge is 0.396 e. The quantitative estimate of drug-likeness (QED) is 0.862. The summed E-state index contributed by atoms with van der Waals surface area (Å²) in [5, 5.41) is 9.73. The standard InChI is InChI=1S/C21H33N3O2/c1-22-8-5-9-23(11-10-22)14-19-12-20(17-25)16-24(15-19)21(26)13-18-6-3-2-4-7-18/h2-4,6-7,19-20,25H,5,8-17H2,1H3/t19-,20+/m1/s1. The third kappa shape index (κ3) is 5.53. The Bertz CT molecular complexity index is 566. The van der Waals surface area contributed by atoms with E-state index in [1.54, 1.807) is 0 Å². The molecule has 2 saturated heterocycles. The number of rotatable bonds is 5. The average Bonchev–Trinajstić information content (AvgIpc) is 2.86. The van der Waals surface area contributed by atoms with Crippen molar-refractivity contribution in [2.75, 3.05) is 59.5 Å². The number of nitrogens with zero attached hydrogens (tertiary/aromatic N) is 3. The molecule has 0 radical (unpaired) electrons. The van der Waals surface area contributed by atoms with Crippen molar-refractivity contribution in [1.82, 2.24) is 14.7 Å². The van der Waals surface area contributed by atoms with Crippen molar-refractivity contribution in [2.24, 2.45) is 11.8 Å². The molecular weight excluding hydrogens is 326 g/mol. The monoisotopic (exact) mass is 359 g/mol. The molecule has 2 aliphatic heterocycles. The molecule has 144 valence electrons. The lowest BCUT2D eigenvalue weighted by molar-refractivity contribution is -0.134. The number of likely N-dealkylation sites (tertiary alicyclic amines) is 1. The van der Waals surface area contributed by atoms with Crippen LogP contribution in [0.1, 0.15) is 18.4 Å². The van der Waals surface area contributed by atoms with E-state index in [9.17, 15) is 9.90 Å². The zero-order chi connectivity index (χ0) is 18.4. The third-order valence-electron chi connectivity index (χ3n) is 5.76. The lowest BCUT2D eigenvalue weighted by Gasteiger charge is -2.39. The zero-order valence-electron chi connectivity index (χ0n) is 16.0. The Morgan fingerprint density at radius 1 is 1.08 bits per heavy atom. The van der Waals surface area contributed by atoms with E-state index in [0.717, 1.165) is 44.7 Å². The first kappa shape index (κ1) is 19.3. The first-order chi connectivity index (χ1) is 12.6. The van der Waals surface area contributed by atoms with Gasteiger partial charge in [-0.1, -0.05) is 30.3 Å². The molecule has 0 spiro atoms. The van der Waals surface area contributed by atoms with E-state index in [1.165, 1.54) is 13.0 Å². The Morgan fingerprint density at radius 2 is 1.85 bits per heavy atom. The van der Waals surface area contributed by atoms with Gasteiger partial charge in [0.2, 0.25) is 5.91 Å². The van der Waals surface area contributed by atoms with E-state index < -0.39 is 0 Å². The molecule has 0 aliphatic carbocycles. The number of benzene rings is 1. The van der Waals surface area contributed by atoms with Gasteiger partial charge in [-0.25, -0.2) is 0 Å². The van der Waals surface area contributed by atoms with Gasteiger partial charge in [-0.2, -0.15) is 0 Å². The summed E-state index contributed by atoms with van der Waals surface area (Å²) in [6.45, 7) is 7.27. The number of hydrogen-bond donors (Lipinski definition) is 1.